The Morgan fingerprint density at radius 1 is 1.42 bits per heavy atom. The fraction of sp³-hybridized carbons (Fsp3) is 0.533. The van der Waals surface area contributed by atoms with Crippen LogP contribution in [0.25, 0.3) is 0 Å². The highest BCUT2D eigenvalue weighted by Gasteiger charge is 2.32. The third kappa shape index (κ3) is 4.04. The lowest BCUT2D eigenvalue weighted by Gasteiger charge is -2.30. The summed E-state index contributed by atoms with van der Waals surface area (Å²) in [4.78, 5) is 11.9. The molecule has 1 fully saturated rings. The van der Waals surface area contributed by atoms with Crippen LogP contribution >= 0.6 is 0 Å². The zero-order valence-corrected chi connectivity index (χ0v) is 11.3. The van der Waals surface area contributed by atoms with Gasteiger partial charge in [0, 0.05) is 19.2 Å². The molecule has 0 amide bonds. The van der Waals surface area contributed by atoms with Crippen LogP contribution in [0.3, 0.4) is 0 Å². The third-order valence-corrected chi connectivity index (χ3v) is 3.36. The number of benzene rings is 1. The molecule has 0 radical (unpaired) electrons. The van der Waals surface area contributed by atoms with E-state index in [9.17, 15) is 4.79 Å². The number of ether oxygens (including phenoxy) is 2. The largest absolute Gasteiger partial charge is 0.466 e. The first-order valence-electron chi connectivity index (χ1n) is 6.83. The first kappa shape index (κ1) is 14.0. The average molecular weight is 263 g/mol. The van der Waals surface area contributed by atoms with Crippen molar-refractivity contribution in [3.63, 3.8) is 0 Å². The van der Waals surface area contributed by atoms with Gasteiger partial charge < -0.3 is 14.8 Å². The highest BCUT2D eigenvalue weighted by molar-refractivity contribution is 5.73. The molecule has 1 heterocycles. The molecule has 4 heteroatoms. The Morgan fingerprint density at radius 3 is 2.95 bits per heavy atom. The fourth-order valence-corrected chi connectivity index (χ4v) is 2.31. The van der Waals surface area contributed by atoms with Gasteiger partial charge in [0.2, 0.25) is 0 Å². The lowest BCUT2D eigenvalue weighted by atomic mass is 9.95. The van der Waals surface area contributed by atoms with Crippen LogP contribution in [0.2, 0.25) is 0 Å². The van der Waals surface area contributed by atoms with Crippen molar-refractivity contribution in [1.82, 2.24) is 5.32 Å². The van der Waals surface area contributed by atoms with E-state index in [4.69, 9.17) is 9.47 Å². The molecule has 2 unspecified atom stereocenters. The van der Waals surface area contributed by atoms with Crippen LogP contribution in [-0.4, -0.2) is 31.8 Å². The molecule has 1 aromatic carbocycles. The zero-order chi connectivity index (χ0) is 13.5. The topological polar surface area (TPSA) is 47.6 Å². The number of carbonyl (C=O) groups excluding carboxylic acids is 1. The molecule has 1 aromatic rings. The summed E-state index contributed by atoms with van der Waals surface area (Å²) in [5, 5.41) is 3.45. The van der Waals surface area contributed by atoms with Crippen molar-refractivity contribution in [3.05, 3.63) is 35.9 Å². The number of nitrogens with one attached hydrogen (secondary N) is 1. The first-order chi connectivity index (χ1) is 9.31. The van der Waals surface area contributed by atoms with E-state index < -0.39 is 0 Å². The number of hydrogen-bond acceptors (Lipinski definition) is 4. The second-order valence-electron chi connectivity index (χ2n) is 4.70. The molecule has 104 valence electrons. The van der Waals surface area contributed by atoms with Crippen LogP contribution in [0.1, 0.15) is 18.9 Å². The molecule has 0 saturated carbocycles. The van der Waals surface area contributed by atoms with Crippen LogP contribution in [0, 0.1) is 5.92 Å². The van der Waals surface area contributed by atoms with Crippen molar-refractivity contribution in [2.24, 2.45) is 5.92 Å². The second-order valence-corrected chi connectivity index (χ2v) is 4.70. The summed E-state index contributed by atoms with van der Waals surface area (Å²) in [6.45, 7) is 4.16. The lowest BCUT2D eigenvalue weighted by Crippen LogP contribution is -2.46. The molecule has 2 rings (SSSR count). The average Bonchev–Trinajstić information content (AvgIpc) is 2.47. The fourth-order valence-electron chi connectivity index (χ4n) is 2.31. The van der Waals surface area contributed by atoms with Gasteiger partial charge in [0.05, 0.1) is 19.1 Å². The Balaban J connectivity index is 1.90. The lowest BCUT2D eigenvalue weighted by molar-refractivity contribution is -0.154. The summed E-state index contributed by atoms with van der Waals surface area (Å²) >= 11 is 0. The monoisotopic (exact) mass is 263 g/mol. The number of esters is 1. The van der Waals surface area contributed by atoms with Gasteiger partial charge in [0.1, 0.15) is 0 Å². The number of carbonyl (C=O) groups is 1. The van der Waals surface area contributed by atoms with Gasteiger partial charge in [-0.2, -0.15) is 0 Å². The molecule has 2 atom stereocenters. The Hall–Kier alpha value is -1.39. The summed E-state index contributed by atoms with van der Waals surface area (Å²) < 4.78 is 10.5. The van der Waals surface area contributed by atoms with Crippen molar-refractivity contribution >= 4 is 5.97 Å². The van der Waals surface area contributed by atoms with E-state index in [-0.39, 0.29) is 17.9 Å². The minimum atomic E-state index is -0.197. The van der Waals surface area contributed by atoms with E-state index in [1.165, 1.54) is 5.56 Å². The Bertz CT molecular complexity index is 394. The maximum absolute atomic E-state index is 11.9. The minimum absolute atomic E-state index is 0.132. The molecular formula is C15H21NO3. The standard InChI is InChI=1S/C15H21NO3/c1-2-19-15(17)13-11-18-9-8-14(13)16-10-12-6-4-3-5-7-12/h3-7,13-14,16H,2,8-11H2,1H3. The molecule has 0 bridgehead atoms. The molecule has 19 heavy (non-hydrogen) atoms. The van der Waals surface area contributed by atoms with Gasteiger partial charge in [-0.15, -0.1) is 0 Å². The molecule has 0 aromatic heterocycles. The van der Waals surface area contributed by atoms with E-state index in [0.29, 0.717) is 19.8 Å². The van der Waals surface area contributed by atoms with Crippen LogP contribution in [0.4, 0.5) is 0 Å². The predicted molar refractivity (Wildman–Crippen MR) is 72.6 cm³/mol. The van der Waals surface area contributed by atoms with Crippen molar-refractivity contribution in [2.75, 3.05) is 19.8 Å². The van der Waals surface area contributed by atoms with Crippen LogP contribution in [0.5, 0.6) is 0 Å². The predicted octanol–water partition coefficient (Wildman–Crippen LogP) is 1.74. The zero-order valence-electron chi connectivity index (χ0n) is 11.3. The Morgan fingerprint density at radius 2 is 2.21 bits per heavy atom. The molecule has 0 aliphatic carbocycles. The van der Waals surface area contributed by atoms with Gasteiger partial charge in [-0.3, -0.25) is 4.79 Å². The van der Waals surface area contributed by atoms with E-state index in [0.717, 1.165) is 13.0 Å². The van der Waals surface area contributed by atoms with Crippen LogP contribution < -0.4 is 5.32 Å². The van der Waals surface area contributed by atoms with Gasteiger partial charge in [-0.05, 0) is 18.9 Å². The Labute approximate surface area is 114 Å². The smallest absolute Gasteiger partial charge is 0.312 e. The van der Waals surface area contributed by atoms with Crippen molar-refractivity contribution in [1.29, 1.82) is 0 Å². The Kier molecular flexibility index (Phi) is 5.36. The van der Waals surface area contributed by atoms with Gasteiger partial charge in [-0.1, -0.05) is 30.3 Å². The normalized spacial score (nSPS) is 23.0. The van der Waals surface area contributed by atoms with Crippen molar-refractivity contribution < 1.29 is 14.3 Å². The molecular weight excluding hydrogens is 242 g/mol. The quantitative estimate of drug-likeness (QED) is 0.822. The molecule has 1 saturated heterocycles. The van der Waals surface area contributed by atoms with E-state index in [1.54, 1.807) is 0 Å². The summed E-state index contributed by atoms with van der Waals surface area (Å²) in [6.07, 6.45) is 0.844. The van der Waals surface area contributed by atoms with E-state index in [1.807, 2.05) is 25.1 Å². The van der Waals surface area contributed by atoms with Crippen molar-refractivity contribution in [2.45, 2.75) is 25.9 Å². The van der Waals surface area contributed by atoms with Gasteiger partial charge in [0.15, 0.2) is 0 Å². The summed E-state index contributed by atoms with van der Waals surface area (Å²) in [6, 6.07) is 10.3. The number of hydrogen-bond donors (Lipinski definition) is 1. The summed E-state index contributed by atoms with van der Waals surface area (Å²) in [5.74, 6) is -0.356. The van der Waals surface area contributed by atoms with Gasteiger partial charge >= 0.3 is 5.97 Å². The third-order valence-electron chi connectivity index (χ3n) is 3.36. The molecule has 1 aliphatic heterocycles. The molecule has 1 N–H and O–H groups in total. The molecule has 4 nitrogen and oxygen atoms in total. The first-order valence-corrected chi connectivity index (χ1v) is 6.83. The van der Waals surface area contributed by atoms with Gasteiger partial charge in [-0.25, -0.2) is 0 Å². The van der Waals surface area contributed by atoms with E-state index >= 15 is 0 Å². The maximum atomic E-state index is 11.9. The number of rotatable bonds is 5. The van der Waals surface area contributed by atoms with Crippen LogP contribution in [-0.2, 0) is 20.8 Å². The SMILES string of the molecule is CCOC(=O)C1COCCC1NCc1ccccc1. The van der Waals surface area contributed by atoms with E-state index in [2.05, 4.69) is 17.4 Å². The summed E-state index contributed by atoms with van der Waals surface area (Å²) in [5.41, 5.74) is 1.22. The minimum Gasteiger partial charge on any atom is -0.466 e. The molecule has 0 spiro atoms. The summed E-state index contributed by atoms with van der Waals surface area (Å²) in [7, 11) is 0. The highest BCUT2D eigenvalue weighted by atomic mass is 16.5. The maximum Gasteiger partial charge on any atom is 0.312 e. The van der Waals surface area contributed by atoms with Crippen molar-refractivity contribution in [3.8, 4) is 0 Å². The highest BCUT2D eigenvalue weighted by Crippen LogP contribution is 2.17. The van der Waals surface area contributed by atoms with Gasteiger partial charge in [0.25, 0.3) is 0 Å². The van der Waals surface area contributed by atoms with Crippen LogP contribution in [0.15, 0.2) is 30.3 Å². The molecule has 1 aliphatic rings. The second kappa shape index (κ2) is 7.26.